The molecule has 1 aromatic rings. The van der Waals surface area contributed by atoms with Gasteiger partial charge in [0.05, 0.1) is 0 Å². The number of aryl methyl sites for hydroxylation is 1. The van der Waals surface area contributed by atoms with E-state index in [4.69, 9.17) is 4.74 Å². The molecule has 0 unspecified atom stereocenters. The van der Waals surface area contributed by atoms with Gasteiger partial charge in [-0.1, -0.05) is 0 Å². The molecule has 1 aromatic carbocycles. The Morgan fingerprint density at radius 1 is 1.30 bits per heavy atom. The smallest absolute Gasteiger partial charge is 0.328 e. The average Bonchev–Trinajstić information content (AvgIpc) is 2.59. The molecule has 1 amide bonds. The predicted molar refractivity (Wildman–Crippen MR) is 75.6 cm³/mol. The summed E-state index contributed by atoms with van der Waals surface area (Å²) in [7, 11) is 0. The van der Waals surface area contributed by atoms with Crippen molar-refractivity contribution >= 4 is 23.3 Å². The van der Waals surface area contributed by atoms with Crippen LogP contribution in [0.1, 0.15) is 31.7 Å². The number of cyclic esters (lactones) is 1. The maximum Gasteiger partial charge on any atom is 0.328 e. The zero-order chi connectivity index (χ0) is 14.1. The molecule has 2 N–H and O–H groups in total. The molecule has 0 bridgehead atoms. The third-order valence-electron chi connectivity index (χ3n) is 3.74. The van der Waals surface area contributed by atoms with Gasteiger partial charge in [0.2, 0.25) is 5.91 Å². The molecule has 3 rings (SSSR count). The summed E-state index contributed by atoms with van der Waals surface area (Å²) >= 11 is 0. The minimum absolute atomic E-state index is 0.0277. The highest BCUT2D eigenvalue weighted by Crippen LogP contribution is 2.27. The van der Waals surface area contributed by atoms with Gasteiger partial charge >= 0.3 is 5.97 Å². The van der Waals surface area contributed by atoms with Gasteiger partial charge in [-0.3, -0.25) is 4.79 Å². The quantitative estimate of drug-likeness (QED) is 0.810. The second kappa shape index (κ2) is 5.15. The van der Waals surface area contributed by atoms with E-state index >= 15 is 0 Å². The number of anilines is 2. The maximum absolute atomic E-state index is 11.6. The molecule has 2 atom stereocenters. The van der Waals surface area contributed by atoms with E-state index < -0.39 is 0 Å². The highest BCUT2D eigenvalue weighted by atomic mass is 16.6. The maximum atomic E-state index is 11.6. The molecule has 0 aliphatic carbocycles. The van der Waals surface area contributed by atoms with Gasteiger partial charge in [-0.2, -0.15) is 0 Å². The highest BCUT2D eigenvalue weighted by molar-refractivity contribution is 5.92. The molecule has 5 nitrogen and oxygen atoms in total. The number of hydrogen-bond donors (Lipinski definition) is 2. The number of hydrogen-bond acceptors (Lipinski definition) is 4. The van der Waals surface area contributed by atoms with E-state index in [2.05, 4.69) is 10.6 Å². The summed E-state index contributed by atoms with van der Waals surface area (Å²) in [6.07, 6.45) is 2.94. The van der Waals surface area contributed by atoms with Gasteiger partial charge in [-0.05, 0) is 43.5 Å². The van der Waals surface area contributed by atoms with Crippen molar-refractivity contribution < 1.29 is 14.3 Å². The van der Waals surface area contributed by atoms with Gasteiger partial charge in [0, 0.05) is 24.2 Å². The summed E-state index contributed by atoms with van der Waals surface area (Å²) < 4.78 is 5.13. The van der Waals surface area contributed by atoms with E-state index in [1.807, 2.05) is 25.1 Å². The minimum atomic E-state index is -0.275. The van der Waals surface area contributed by atoms with E-state index in [0.29, 0.717) is 12.8 Å². The monoisotopic (exact) mass is 274 g/mol. The number of rotatable bonds is 2. The van der Waals surface area contributed by atoms with Crippen molar-refractivity contribution in [2.75, 3.05) is 10.6 Å². The number of fused-ring (bicyclic) bond motifs is 1. The summed E-state index contributed by atoms with van der Waals surface area (Å²) in [4.78, 5) is 23.1. The summed E-state index contributed by atoms with van der Waals surface area (Å²) in [6.45, 7) is 1.89. The molecular weight excluding hydrogens is 256 g/mol. The van der Waals surface area contributed by atoms with Crippen molar-refractivity contribution in [2.45, 2.75) is 44.8 Å². The molecule has 0 saturated carbocycles. The zero-order valence-corrected chi connectivity index (χ0v) is 11.4. The average molecular weight is 274 g/mol. The molecule has 1 saturated heterocycles. The summed E-state index contributed by atoms with van der Waals surface area (Å²) in [5.41, 5.74) is 2.89. The van der Waals surface area contributed by atoms with Gasteiger partial charge in [0.25, 0.3) is 0 Å². The lowest BCUT2D eigenvalue weighted by Gasteiger charge is -2.13. The normalized spacial score (nSPS) is 25.4. The van der Waals surface area contributed by atoms with E-state index in [1.54, 1.807) is 0 Å². The predicted octanol–water partition coefficient (Wildman–Crippen LogP) is 2.08. The molecule has 1 fully saturated rings. The number of carbonyl (C=O) groups excluding carboxylic acids is 2. The third-order valence-corrected chi connectivity index (χ3v) is 3.74. The fourth-order valence-electron chi connectivity index (χ4n) is 2.74. The van der Waals surface area contributed by atoms with Crippen molar-refractivity contribution in [2.24, 2.45) is 0 Å². The van der Waals surface area contributed by atoms with Crippen molar-refractivity contribution in [3.8, 4) is 0 Å². The summed E-state index contributed by atoms with van der Waals surface area (Å²) in [5.74, 6) is -0.126. The lowest BCUT2D eigenvalue weighted by Crippen LogP contribution is -2.24. The second-order valence-corrected chi connectivity index (χ2v) is 5.45. The van der Waals surface area contributed by atoms with Crippen LogP contribution in [0.15, 0.2) is 18.2 Å². The van der Waals surface area contributed by atoms with Gasteiger partial charge in [-0.25, -0.2) is 4.79 Å². The van der Waals surface area contributed by atoms with Crippen LogP contribution in [0.3, 0.4) is 0 Å². The first kappa shape index (κ1) is 13.0. The van der Waals surface area contributed by atoms with Crippen LogP contribution < -0.4 is 10.6 Å². The first-order valence-electron chi connectivity index (χ1n) is 7.01. The number of carbonyl (C=O) groups is 2. The van der Waals surface area contributed by atoms with Crippen LogP contribution in [0.25, 0.3) is 0 Å². The molecule has 2 aliphatic rings. The molecule has 2 heterocycles. The SMILES string of the molecule is C[C@H]1C[C@H](Nc2ccc3c(c2)CCCC(=O)N3)C(=O)O1. The Kier molecular flexibility index (Phi) is 3.34. The molecule has 0 radical (unpaired) electrons. The van der Waals surface area contributed by atoms with Gasteiger partial charge in [-0.15, -0.1) is 0 Å². The van der Waals surface area contributed by atoms with Crippen LogP contribution in [0.5, 0.6) is 0 Å². The van der Waals surface area contributed by atoms with Gasteiger partial charge in [0.15, 0.2) is 0 Å². The second-order valence-electron chi connectivity index (χ2n) is 5.45. The highest BCUT2D eigenvalue weighted by Gasteiger charge is 2.31. The first-order chi connectivity index (χ1) is 9.61. The molecule has 5 heteroatoms. The van der Waals surface area contributed by atoms with E-state index in [0.717, 1.165) is 29.8 Å². The third kappa shape index (κ3) is 2.61. The van der Waals surface area contributed by atoms with Crippen LogP contribution in [-0.4, -0.2) is 24.0 Å². The Labute approximate surface area is 117 Å². The Hall–Kier alpha value is -2.04. The van der Waals surface area contributed by atoms with Crippen LogP contribution >= 0.6 is 0 Å². The number of nitrogens with one attached hydrogen (secondary N) is 2. The molecular formula is C15H18N2O3. The number of esters is 1. The molecule has 106 valence electrons. The van der Waals surface area contributed by atoms with E-state index in [-0.39, 0.29) is 24.0 Å². The standard InChI is InChI=1S/C15H18N2O3/c1-9-7-13(15(19)20-9)16-11-5-6-12-10(8-11)3-2-4-14(18)17-12/h5-6,8-9,13,16H,2-4,7H2,1H3,(H,17,18)/t9-,13-/m0/s1. The summed E-state index contributed by atoms with van der Waals surface area (Å²) in [5, 5.41) is 6.12. The largest absolute Gasteiger partial charge is 0.461 e. The van der Waals surface area contributed by atoms with Gasteiger partial charge < -0.3 is 15.4 Å². The van der Waals surface area contributed by atoms with Crippen LogP contribution in [0, 0.1) is 0 Å². The fourth-order valence-corrected chi connectivity index (χ4v) is 2.74. The lowest BCUT2D eigenvalue weighted by molar-refractivity contribution is -0.141. The van der Waals surface area contributed by atoms with E-state index in [9.17, 15) is 9.59 Å². The van der Waals surface area contributed by atoms with E-state index in [1.165, 1.54) is 0 Å². The summed E-state index contributed by atoms with van der Waals surface area (Å²) in [6, 6.07) is 5.52. The minimum Gasteiger partial charge on any atom is -0.461 e. The lowest BCUT2D eigenvalue weighted by atomic mass is 10.1. The molecule has 0 spiro atoms. The van der Waals surface area contributed by atoms with Crippen LogP contribution in [-0.2, 0) is 20.7 Å². The number of ether oxygens (including phenoxy) is 1. The van der Waals surface area contributed by atoms with Crippen molar-refractivity contribution in [1.29, 1.82) is 0 Å². The zero-order valence-electron chi connectivity index (χ0n) is 11.4. The Morgan fingerprint density at radius 3 is 2.90 bits per heavy atom. The number of benzene rings is 1. The molecule has 0 aromatic heterocycles. The number of amides is 1. The van der Waals surface area contributed by atoms with Crippen molar-refractivity contribution in [3.63, 3.8) is 0 Å². The molecule has 20 heavy (non-hydrogen) atoms. The Balaban J connectivity index is 1.77. The van der Waals surface area contributed by atoms with Crippen molar-refractivity contribution in [3.05, 3.63) is 23.8 Å². The van der Waals surface area contributed by atoms with Gasteiger partial charge in [0.1, 0.15) is 12.1 Å². The Bertz CT molecular complexity index is 556. The first-order valence-corrected chi connectivity index (χ1v) is 7.01. The fraction of sp³-hybridized carbons (Fsp3) is 0.467. The van der Waals surface area contributed by atoms with Crippen molar-refractivity contribution in [1.82, 2.24) is 0 Å². The molecule has 2 aliphatic heterocycles. The van der Waals surface area contributed by atoms with Crippen LogP contribution in [0.4, 0.5) is 11.4 Å². The topological polar surface area (TPSA) is 67.4 Å². The van der Waals surface area contributed by atoms with Crippen LogP contribution in [0.2, 0.25) is 0 Å². The Morgan fingerprint density at radius 2 is 2.15 bits per heavy atom.